The van der Waals surface area contributed by atoms with E-state index >= 15 is 0 Å². The molecule has 1 heterocycles. The summed E-state index contributed by atoms with van der Waals surface area (Å²) in [5, 5.41) is 36.9. The van der Waals surface area contributed by atoms with Gasteiger partial charge in [-0.25, -0.2) is 0 Å². The molecule has 8 nitrogen and oxygen atoms in total. The molecule has 0 aromatic heterocycles. The van der Waals surface area contributed by atoms with E-state index in [0.717, 1.165) is 0 Å². The van der Waals surface area contributed by atoms with Crippen molar-refractivity contribution in [1.29, 1.82) is 0 Å². The SMILES string of the molecule is O=S(=O)(O)[C@H]1N[C@@H](CO)[C@H](O)[C@@H](O)[C@@H]1O. The molecule has 5 atom stereocenters. The lowest BCUT2D eigenvalue weighted by Crippen LogP contribution is -2.67. The van der Waals surface area contributed by atoms with E-state index in [2.05, 4.69) is 5.32 Å². The van der Waals surface area contributed by atoms with E-state index in [-0.39, 0.29) is 0 Å². The highest BCUT2D eigenvalue weighted by Gasteiger charge is 2.47. The van der Waals surface area contributed by atoms with Crippen molar-refractivity contribution in [3.8, 4) is 0 Å². The first-order chi connectivity index (χ1) is 6.79. The third-order valence-electron chi connectivity index (χ3n) is 2.32. The fourth-order valence-corrected chi connectivity index (χ4v) is 2.31. The van der Waals surface area contributed by atoms with Crippen LogP contribution in [0.4, 0.5) is 0 Å². The highest BCUT2D eigenvalue weighted by Crippen LogP contribution is 2.18. The molecule has 1 rings (SSSR count). The largest absolute Gasteiger partial charge is 0.395 e. The molecule has 1 aliphatic heterocycles. The van der Waals surface area contributed by atoms with Crippen LogP contribution in [0.5, 0.6) is 0 Å². The van der Waals surface area contributed by atoms with Crippen LogP contribution in [-0.2, 0) is 10.1 Å². The van der Waals surface area contributed by atoms with Gasteiger partial charge in [0.1, 0.15) is 18.3 Å². The van der Waals surface area contributed by atoms with Crippen molar-refractivity contribution in [2.75, 3.05) is 6.61 Å². The van der Waals surface area contributed by atoms with Gasteiger partial charge in [-0.2, -0.15) is 8.42 Å². The van der Waals surface area contributed by atoms with Crippen molar-refractivity contribution >= 4 is 10.1 Å². The maximum Gasteiger partial charge on any atom is 0.283 e. The van der Waals surface area contributed by atoms with Gasteiger partial charge in [-0.05, 0) is 0 Å². The van der Waals surface area contributed by atoms with Crippen LogP contribution in [0.15, 0.2) is 0 Å². The smallest absolute Gasteiger partial charge is 0.283 e. The summed E-state index contributed by atoms with van der Waals surface area (Å²) in [7, 11) is -4.62. The molecule has 0 saturated carbocycles. The Morgan fingerprint density at radius 2 is 1.60 bits per heavy atom. The minimum Gasteiger partial charge on any atom is -0.395 e. The van der Waals surface area contributed by atoms with Crippen molar-refractivity contribution in [1.82, 2.24) is 5.32 Å². The predicted molar refractivity (Wildman–Crippen MR) is 47.4 cm³/mol. The normalized spacial score (nSPS) is 42.9. The Balaban J connectivity index is 2.93. The molecular weight excluding hydrogens is 230 g/mol. The topological polar surface area (TPSA) is 147 Å². The Morgan fingerprint density at radius 1 is 1.07 bits per heavy atom. The van der Waals surface area contributed by atoms with Crippen LogP contribution < -0.4 is 5.32 Å². The Labute approximate surface area is 85.9 Å². The van der Waals surface area contributed by atoms with Crippen molar-refractivity contribution in [2.45, 2.75) is 29.7 Å². The van der Waals surface area contributed by atoms with Crippen LogP contribution in [0.2, 0.25) is 0 Å². The first kappa shape index (κ1) is 12.8. The van der Waals surface area contributed by atoms with Gasteiger partial charge in [0.15, 0.2) is 5.37 Å². The maximum atomic E-state index is 10.8. The zero-order valence-corrected chi connectivity index (χ0v) is 8.37. The molecule has 1 aliphatic rings. The van der Waals surface area contributed by atoms with Crippen LogP contribution in [-0.4, -0.2) is 69.7 Å². The average Bonchev–Trinajstić information content (AvgIpc) is 2.13. The Bertz CT molecular complexity index is 315. The number of hydrogen-bond acceptors (Lipinski definition) is 7. The Kier molecular flexibility index (Phi) is 3.66. The van der Waals surface area contributed by atoms with Gasteiger partial charge in [-0.3, -0.25) is 9.87 Å². The molecule has 9 heteroatoms. The molecule has 0 aromatic carbocycles. The van der Waals surface area contributed by atoms with E-state index in [9.17, 15) is 23.7 Å². The molecule has 0 spiro atoms. The van der Waals surface area contributed by atoms with Crippen molar-refractivity contribution in [3.63, 3.8) is 0 Å². The number of piperidine rings is 1. The molecule has 0 aromatic rings. The summed E-state index contributed by atoms with van der Waals surface area (Å²) < 4.78 is 30.2. The van der Waals surface area contributed by atoms with Crippen molar-refractivity contribution in [2.24, 2.45) is 0 Å². The first-order valence-electron chi connectivity index (χ1n) is 4.16. The van der Waals surface area contributed by atoms with Gasteiger partial charge < -0.3 is 20.4 Å². The summed E-state index contributed by atoms with van der Waals surface area (Å²) in [6, 6.07) is -1.13. The van der Waals surface area contributed by atoms with E-state index in [1.54, 1.807) is 0 Å². The lowest BCUT2D eigenvalue weighted by atomic mass is 9.96. The summed E-state index contributed by atoms with van der Waals surface area (Å²) in [6.07, 6.45) is -5.13. The third kappa shape index (κ3) is 2.45. The minimum absolute atomic E-state index is 0.642. The van der Waals surface area contributed by atoms with Gasteiger partial charge in [0.2, 0.25) is 0 Å². The monoisotopic (exact) mass is 243 g/mol. The zero-order chi connectivity index (χ0) is 11.8. The molecular formula is C6H13NO7S. The van der Waals surface area contributed by atoms with Crippen LogP contribution >= 0.6 is 0 Å². The number of aliphatic hydroxyl groups excluding tert-OH is 4. The quantitative estimate of drug-likeness (QED) is 0.271. The molecule has 15 heavy (non-hydrogen) atoms. The fourth-order valence-electron chi connectivity index (χ4n) is 1.45. The number of hydrogen-bond donors (Lipinski definition) is 6. The van der Waals surface area contributed by atoms with Crippen LogP contribution in [0.25, 0.3) is 0 Å². The molecule has 0 radical (unpaired) electrons. The second-order valence-electron chi connectivity index (χ2n) is 3.36. The van der Waals surface area contributed by atoms with Gasteiger partial charge in [0.25, 0.3) is 10.1 Å². The molecule has 1 fully saturated rings. The average molecular weight is 243 g/mol. The minimum atomic E-state index is -4.62. The van der Waals surface area contributed by atoms with Crippen molar-refractivity contribution < 1.29 is 33.4 Å². The van der Waals surface area contributed by atoms with E-state index < -0.39 is 46.5 Å². The first-order valence-corrected chi connectivity index (χ1v) is 5.66. The van der Waals surface area contributed by atoms with E-state index in [0.29, 0.717) is 0 Å². The number of nitrogens with one attached hydrogen (secondary N) is 1. The molecule has 0 bridgehead atoms. The highest BCUT2D eigenvalue weighted by atomic mass is 32.2. The maximum absolute atomic E-state index is 10.8. The lowest BCUT2D eigenvalue weighted by molar-refractivity contribution is -0.108. The Morgan fingerprint density at radius 3 is 2.00 bits per heavy atom. The number of aliphatic hydroxyl groups is 4. The standard InChI is InChI=1S/C6H13NO7S/c8-1-2-3(9)4(10)5(11)6(7-2)15(12,13)14/h2-11H,1H2,(H,12,13,14)/t2-,3-,4+,5-,6+/m0/s1. The Hall–Kier alpha value is -0.290. The second-order valence-corrected chi connectivity index (χ2v) is 4.90. The van der Waals surface area contributed by atoms with E-state index in [4.69, 9.17) is 9.66 Å². The molecule has 1 saturated heterocycles. The number of rotatable bonds is 2. The summed E-state index contributed by atoms with van der Waals surface area (Å²) in [5.41, 5.74) is 0. The van der Waals surface area contributed by atoms with Gasteiger partial charge in [0, 0.05) is 0 Å². The molecule has 0 aliphatic carbocycles. The highest BCUT2D eigenvalue weighted by molar-refractivity contribution is 7.86. The third-order valence-corrected chi connectivity index (χ3v) is 3.37. The van der Waals surface area contributed by atoms with Crippen LogP contribution in [0.1, 0.15) is 0 Å². The van der Waals surface area contributed by atoms with Crippen LogP contribution in [0.3, 0.4) is 0 Å². The molecule has 0 amide bonds. The van der Waals surface area contributed by atoms with Gasteiger partial charge >= 0.3 is 0 Å². The summed E-state index contributed by atoms with van der Waals surface area (Å²) >= 11 is 0. The second kappa shape index (κ2) is 4.29. The molecule has 6 N–H and O–H groups in total. The van der Waals surface area contributed by atoms with E-state index in [1.165, 1.54) is 0 Å². The van der Waals surface area contributed by atoms with Gasteiger partial charge in [-0.15, -0.1) is 0 Å². The predicted octanol–water partition coefficient (Wildman–Crippen LogP) is -3.75. The lowest BCUT2D eigenvalue weighted by Gasteiger charge is -2.39. The summed E-state index contributed by atoms with van der Waals surface area (Å²) in [4.78, 5) is 0. The summed E-state index contributed by atoms with van der Waals surface area (Å²) in [6.45, 7) is -0.642. The zero-order valence-electron chi connectivity index (χ0n) is 7.55. The van der Waals surface area contributed by atoms with E-state index in [1.807, 2.05) is 0 Å². The van der Waals surface area contributed by atoms with Crippen molar-refractivity contribution in [3.05, 3.63) is 0 Å². The molecule has 90 valence electrons. The fraction of sp³-hybridized carbons (Fsp3) is 1.00. The van der Waals surface area contributed by atoms with Gasteiger partial charge in [0.05, 0.1) is 12.6 Å². The van der Waals surface area contributed by atoms with Gasteiger partial charge in [-0.1, -0.05) is 0 Å². The summed E-state index contributed by atoms with van der Waals surface area (Å²) in [5.74, 6) is 0. The molecule has 0 unspecified atom stereocenters. The van der Waals surface area contributed by atoms with Crippen LogP contribution in [0, 0.1) is 0 Å².